The van der Waals surface area contributed by atoms with E-state index in [0.717, 1.165) is 6.07 Å². The zero-order chi connectivity index (χ0) is 14.8. The third kappa shape index (κ3) is 3.82. The lowest BCUT2D eigenvalue weighted by atomic mass is 10.1. The van der Waals surface area contributed by atoms with Crippen LogP contribution in [-0.4, -0.2) is 22.2 Å². The first kappa shape index (κ1) is 15.2. The summed E-state index contributed by atoms with van der Waals surface area (Å²) in [5.74, 6) is -0.314. The van der Waals surface area contributed by atoms with Crippen molar-refractivity contribution in [1.82, 2.24) is 0 Å². The largest absolute Gasteiger partial charge is 0.481 e. The lowest BCUT2D eigenvalue weighted by molar-refractivity contribution is -0.386. The molecule has 0 saturated carbocycles. The fourth-order valence-corrected chi connectivity index (χ4v) is 1.23. The maximum Gasteiger partial charge on any atom is 0.416 e. The average Bonchev–Trinajstić information content (AvgIpc) is 2.27. The van der Waals surface area contributed by atoms with Gasteiger partial charge in [0.25, 0.3) is 0 Å². The van der Waals surface area contributed by atoms with Crippen LogP contribution in [0.4, 0.5) is 18.9 Å². The first-order valence-corrected chi connectivity index (χ1v) is 5.33. The van der Waals surface area contributed by atoms with Crippen LogP contribution in [-0.2, 0) is 6.18 Å². The van der Waals surface area contributed by atoms with E-state index in [1.807, 2.05) is 0 Å². The molecule has 0 bridgehead atoms. The van der Waals surface area contributed by atoms with Gasteiger partial charge >= 0.3 is 11.9 Å². The third-order valence-electron chi connectivity index (χ3n) is 2.48. The molecule has 0 amide bonds. The number of aliphatic hydroxyl groups excluding tert-OH is 1. The molecule has 0 aliphatic carbocycles. The molecule has 1 aromatic carbocycles. The van der Waals surface area contributed by atoms with Crippen molar-refractivity contribution in [3.05, 3.63) is 33.9 Å². The highest BCUT2D eigenvalue weighted by molar-refractivity contribution is 5.49. The van der Waals surface area contributed by atoms with Crippen LogP contribution in [0.25, 0.3) is 0 Å². The summed E-state index contributed by atoms with van der Waals surface area (Å²) in [6.45, 7) is 2.85. The Morgan fingerprint density at radius 2 is 1.95 bits per heavy atom. The van der Waals surface area contributed by atoms with Gasteiger partial charge in [-0.3, -0.25) is 10.1 Å². The lowest BCUT2D eigenvalue weighted by Gasteiger charge is -2.17. The molecule has 0 aliphatic heterocycles. The molecule has 0 radical (unpaired) electrons. The predicted octanol–water partition coefficient (Wildman–Crippen LogP) is 2.76. The van der Waals surface area contributed by atoms with Gasteiger partial charge in [0, 0.05) is 6.07 Å². The van der Waals surface area contributed by atoms with Crippen LogP contribution in [0.2, 0.25) is 0 Å². The van der Waals surface area contributed by atoms with Crippen LogP contribution in [0.5, 0.6) is 5.75 Å². The first-order valence-electron chi connectivity index (χ1n) is 5.33. The van der Waals surface area contributed by atoms with E-state index in [4.69, 9.17) is 4.74 Å². The fourth-order valence-electron chi connectivity index (χ4n) is 1.23. The van der Waals surface area contributed by atoms with E-state index in [2.05, 4.69) is 0 Å². The Bertz CT molecular complexity index is 473. The monoisotopic (exact) mass is 279 g/mol. The molecule has 8 heteroatoms. The summed E-state index contributed by atoms with van der Waals surface area (Å²) >= 11 is 0. The second-order valence-corrected chi connectivity index (χ2v) is 4.00. The molecule has 0 saturated heterocycles. The van der Waals surface area contributed by atoms with Gasteiger partial charge in [0.2, 0.25) is 0 Å². The normalized spacial score (nSPS) is 14.8. The number of rotatable bonds is 4. The van der Waals surface area contributed by atoms with Crippen LogP contribution < -0.4 is 4.74 Å². The van der Waals surface area contributed by atoms with Crippen molar-refractivity contribution in [1.29, 1.82) is 0 Å². The van der Waals surface area contributed by atoms with Gasteiger partial charge in [0.05, 0.1) is 16.6 Å². The number of aliphatic hydroxyl groups is 1. The zero-order valence-corrected chi connectivity index (χ0v) is 10.1. The smallest absolute Gasteiger partial charge is 0.416 e. The molecular formula is C11H12F3NO4. The minimum atomic E-state index is -4.67. The van der Waals surface area contributed by atoms with Crippen molar-refractivity contribution in [2.75, 3.05) is 0 Å². The molecule has 19 heavy (non-hydrogen) atoms. The summed E-state index contributed by atoms with van der Waals surface area (Å²) in [4.78, 5) is 9.79. The molecule has 1 rings (SSSR count). The second kappa shape index (κ2) is 5.43. The quantitative estimate of drug-likeness (QED) is 0.679. The van der Waals surface area contributed by atoms with Crippen LogP contribution in [0.1, 0.15) is 19.4 Å². The molecular weight excluding hydrogens is 267 g/mol. The number of nitro benzene ring substituents is 1. The molecule has 1 N–H and O–H groups in total. The number of nitro groups is 1. The van der Waals surface area contributed by atoms with Crippen molar-refractivity contribution >= 4 is 5.69 Å². The van der Waals surface area contributed by atoms with Gasteiger partial charge < -0.3 is 9.84 Å². The Balaban J connectivity index is 3.16. The minimum Gasteiger partial charge on any atom is -0.481 e. The van der Waals surface area contributed by atoms with E-state index in [1.54, 1.807) is 0 Å². The Labute approximate surface area is 106 Å². The van der Waals surface area contributed by atoms with Crippen molar-refractivity contribution in [3.63, 3.8) is 0 Å². The van der Waals surface area contributed by atoms with Crippen molar-refractivity contribution < 1.29 is 27.9 Å². The van der Waals surface area contributed by atoms with E-state index in [9.17, 15) is 28.4 Å². The van der Waals surface area contributed by atoms with E-state index < -0.39 is 34.6 Å². The molecule has 0 spiro atoms. The molecule has 0 aromatic heterocycles. The fraction of sp³-hybridized carbons (Fsp3) is 0.455. The number of halogens is 3. The Hall–Kier alpha value is -1.83. The highest BCUT2D eigenvalue weighted by Crippen LogP contribution is 2.36. The minimum absolute atomic E-state index is 0.314. The van der Waals surface area contributed by atoms with E-state index in [-0.39, 0.29) is 5.75 Å². The predicted molar refractivity (Wildman–Crippen MR) is 59.9 cm³/mol. The number of alkyl halides is 3. The van der Waals surface area contributed by atoms with Crippen LogP contribution >= 0.6 is 0 Å². The van der Waals surface area contributed by atoms with E-state index in [1.165, 1.54) is 13.8 Å². The summed E-state index contributed by atoms with van der Waals surface area (Å²) < 4.78 is 42.4. The highest BCUT2D eigenvalue weighted by Gasteiger charge is 2.33. The Morgan fingerprint density at radius 3 is 2.37 bits per heavy atom. The van der Waals surface area contributed by atoms with Gasteiger partial charge in [-0.25, -0.2) is 0 Å². The second-order valence-electron chi connectivity index (χ2n) is 4.00. The lowest BCUT2D eigenvalue weighted by Crippen LogP contribution is -2.26. The number of nitrogens with zero attached hydrogens (tertiary/aromatic N) is 1. The molecule has 0 fully saturated rings. The molecule has 106 valence electrons. The number of hydrogen-bond acceptors (Lipinski definition) is 4. The van der Waals surface area contributed by atoms with Gasteiger partial charge in [-0.05, 0) is 26.0 Å². The van der Waals surface area contributed by atoms with Gasteiger partial charge in [-0.2, -0.15) is 13.2 Å². The average molecular weight is 279 g/mol. The molecule has 1 aromatic rings. The van der Waals surface area contributed by atoms with Crippen LogP contribution in [0.15, 0.2) is 18.2 Å². The number of benzene rings is 1. The van der Waals surface area contributed by atoms with Crippen LogP contribution in [0, 0.1) is 10.1 Å². The van der Waals surface area contributed by atoms with Gasteiger partial charge in [-0.1, -0.05) is 0 Å². The summed E-state index contributed by atoms with van der Waals surface area (Å²) in [6.07, 6.45) is -6.36. The topological polar surface area (TPSA) is 72.6 Å². The summed E-state index contributed by atoms with van der Waals surface area (Å²) in [5.41, 5.74) is -1.92. The number of ether oxygens (including phenoxy) is 1. The third-order valence-corrected chi connectivity index (χ3v) is 2.48. The maximum absolute atomic E-state index is 12.5. The van der Waals surface area contributed by atoms with Gasteiger partial charge in [0.1, 0.15) is 6.10 Å². The van der Waals surface area contributed by atoms with Gasteiger partial charge in [0.15, 0.2) is 5.75 Å². The number of hydrogen-bond donors (Lipinski definition) is 1. The van der Waals surface area contributed by atoms with E-state index >= 15 is 0 Å². The highest BCUT2D eigenvalue weighted by atomic mass is 19.4. The molecule has 2 atom stereocenters. The molecule has 2 unspecified atom stereocenters. The Kier molecular flexibility index (Phi) is 4.35. The standard InChI is InChI=1S/C11H12F3NO4/c1-6(16)7(2)19-10-4-3-8(11(12,13)14)5-9(10)15(17)18/h3-7,16H,1-2H3. The van der Waals surface area contributed by atoms with Gasteiger partial charge in [-0.15, -0.1) is 0 Å². The summed E-state index contributed by atoms with van der Waals surface area (Å²) in [6, 6.07) is 1.97. The Morgan fingerprint density at radius 1 is 1.37 bits per heavy atom. The first-order chi connectivity index (χ1) is 8.62. The van der Waals surface area contributed by atoms with Crippen LogP contribution in [0.3, 0.4) is 0 Å². The summed E-state index contributed by atoms with van der Waals surface area (Å²) in [5, 5.41) is 20.0. The summed E-state index contributed by atoms with van der Waals surface area (Å²) in [7, 11) is 0. The van der Waals surface area contributed by atoms with Crippen molar-refractivity contribution in [2.24, 2.45) is 0 Å². The maximum atomic E-state index is 12.5. The molecule has 5 nitrogen and oxygen atoms in total. The SMILES string of the molecule is CC(O)C(C)Oc1ccc(C(F)(F)F)cc1[N+](=O)[O-]. The molecule has 0 heterocycles. The molecule has 0 aliphatic rings. The zero-order valence-electron chi connectivity index (χ0n) is 10.1. The van der Waals surface area contributed by atoms with Crippen molar-refractivity contribution in [2.45, 2.75) is 32.2 Å². The van der Waals surface area contributed by atoms with E-state index in [0.29, 0.717) is 12.1 Å². The van der Waals surface area contributed by atoms with Crippen molar-refractivity contribution in [3.8, 4) is 5.75 Å².